The molecule has 0 bridgehead atoms. The lowest BCUT2D eigenvalue weighted by atomic mass is 9.99. The number of nitrogens with zero attached hydrogens (tertiary/aromatic N) is 1. The van der Waals surface area contributed by atoms with Crippen LogP contribution in [0.25, 0.3) is 0 Å². The highest BCUT2D eigenvalue weighted by molar-refractivity contribution is 7.10. The Bertz CT molecular complexity index is 372. The zero-order chi connectivity index (χ0) is 13.1. The molecular formula is C15H26N2S. The summed E-state index contributed by atoms with van der Waals surface area (Å²) in [5.41, 5.74) is 1.53. The van der Waals surface area contributed by atoms with Gasteiger partial charge in [-0.05, 0) is 36.3 Å². The number of rotatable bonds is 4. The van der Waals surface area contributed by atoms with Gasteiger partial charge in [0.25, 0.3) is 0 Å². The van der Waals surface area contributed by atoms with Gasteiger partial charge in [0.1, 0.15) is 0 Å². The average Bonchev–Trinajstić information content (AvgIpc) is 2.79. The summed E-state index contributed by atoms with van der Waals surface area (Å²) >= 11 is 1.92. The van der Waals surface area contributed by atoms with E-state index in [9.17, 15) is 0 Å². The molecule has 2 unspecified atom stereocenters. The SMILES string of the molecule is CCc1ccsc1CN1CC(C(C)C)NCC1C. The third-order valence-electron chi connectivity index (χ3n) is 4.10. The maximum Gasteiger partial charge on any atom is 0.0334 e. The van der Waals surface area contributed by atoms with E-state index in [1.165, 1.54) is 12.1 Å². The van der Waals surface area contributed by atoms with Gasteiger partial charge < -0.3 is 5.32 Å². The Morgan fingerprint density at radius 3 is 2.94 bits per heavy atom. The average molecular weight is 266 g/mol. The van der Waals surface area contributed by atoms with Crippen molar-refractivity contribution < 1.29 is 0 Å². The molecule has 1 aliphatic rings. The van der Waals surface area contributed by atoms with Gasteiger partial charge in [-0.15, -0.1) is 11.3 Å². The lowest BCUT2D eigenvalue weighted by molar-refractivity contribution is 0.117. The molecule has 1 aromatic heterocycles. The van der Waals surface area contributed by atoms with Crippen molar-refractivity contribution >= 4 is 11.3 Å². The van der Waals surface area contributed by atoms with Crippen molar-refractivity contribution in [2.24, 2.45) is 5.92 Å². The molecule has 0 spiro atoms. The summed E-state index contributed by atoms with van der Waals surface area (Å²) in [4.78, 5) is 4.21. The minimum atomic E-state index is 0.645. The van der Waals surface area contributed by atoms with Gasteiger partial charge in [0, 0.05) is 36.6 Å². The first-order chi connectivity index (χ1) is 8.61. The highest BCUT2D eigenvalue weighted by Gasteiger charge is 2.27. The second kappa shape index (κ2) is 6.18. The molecule has 102 valence electrons. The molecule has 3 heteroatoms. The van der Waals surface area contributed by atoms with Crippen molar-refractivity contribution in [2.75, 3.05) is 13.1 Å². The number of piperazine rings is 1. The summed E-state index contributed by atoms with van der Waals surface area (Å²) in [5.74, 6) is 0.717. The van der Waals surface area contributed by atoms with Crippen LogP contribution in [0.5, 0.6) is 0 Å². The minimum Gasteiger partial charge on any atom is -0.311 e. The fourth-order valence-electron chi connectivity index (χ4n) is 2.62. The third kappa shape index (κ3) is 3.14. The summed E-state index contributed by atoms with van der Waals surface area (Å²) in [6.45, 7) is 12.7. The minimum absolute atomic E-state index is 0.645. The van der Waals surface area contributed by atoms with Crippen molar-refractivity contribution in [2.45, 2.75) is 52.7 Å². The molecule has 2 atom stereocenters. The first-order valence-electron chi connectivity index (χ1n) is 7.14. The number of hydrogen-bond acceptors (Lipinski definition) is 3. The lowest BCUT2D eigenvalue weighted by Gasteiger charge is -2.40. The van der Waals surface area contributed by atoms with Crippen LogP contribution >= 0.6 is 11.3 Å². The molecule has 1 aromatic rings. The molecule has 2 nitrogen and oxygen atoms in total. The van der Waals surface area contributed by atoms with Crippen molar-refractivity contribution in [3.8, 4) is 0 Å². The number of aryl methyl sites for hydroxylation is 1. The van der Waals surface area contributed by atoms with Crippen molar-refractivity contribution in [1.29, 1.82) is 0 Å². The first-order valence-corrected chi connectivity index (χ1v) is 8.02. The summed E-state index contributed by atoms with van der Waals surface area (Å²) < 4.78 is 0. The zero-order valence-electron chi connectivity index (χ0n) is 12.1. The summed E-state index contributed by atoms with van der Waals surface area (Å²) in [6, 6.07) is 3.57. The van der Waals surface area contributed by atoms with E-state index in [0.717, 1.165) is 19.5 Å². The fourth-order valence-corrected chi connectivity index (χ4v) is 3.62. The predicted molar refractivity (Wildman–Crippen MR) is 80.2 cm³/mol. The molecule has 18 heavy (non-hydrogen) atoms. The summed E-state index contributed by atoms with van der Waals surface area (Å²) in [6.07, 6.45) is 1.16. The van der Waals surface area contributed by atoms with E-state index in [-0.39, 0.29) is 0 Å². The molecule has 0 saturated carbocycles. The number of thiophene rings is 1. The van der Waals surface area contributed by atoms with Crippen LogP contribution in [0.1, 0.15) is 38.1 Å². The van der Waals surface area contributed by atoms with E-state index in [0.29, 0.717) is 18.0 Å². The quantitative estimate of drug-likeness (QED) is 0.901. The van der Waals surface area contributed by atoms with E-state index >= 15 is 0 Å². The normalized spacial score (nSPS) is 25.8. The topological polar surface area (TPSA) is 15.3 Å². The molecule has 0 aromatic carbocycles. The summed E-state index contributed by atoms with van der Waals surface area (Å²) in [5, 5.41) is 5.91. The summed E-state index contributed by atoms with van der Waals surface area (Å²) in [7, 11) is 0. The Balaban J connectivity index is 2.02. The van der Waals surface area contributed by atoms with Crippen LogP contribution in [-0.2, 0) is 13.0 Å². The Morgan fingerprint density at radius 1 is 1.50 bits per heavy atom. The van der Waals surface area contributed by atoms with E-state index in [2.05, 4.69) is 49.4 Å². The number of hydrogen-bond donors (Lipinski definition) is 1. The smallest absolute Gasteiger partial charge is 0.0334 e. The highest BCUT2D eigenvalue weighted by atomic mass is 32.1. The van der Waals surface area contributed by atoms with Gasteiger partial charge in [0.05, 0.1) is 0 Å². The molecular weight excluding hydrogens is 240 g/mol. The zero-order valence-corrected chi connectivity index (χ0v) is 12.9. The molecule has 2 rings (SSSR count). The van der Waals surface area contributed by atoms with Crippen LogP contribution < -0.4 is 5.32 Å². The van der Waals surface area contributed by atoms with Gasteiger partial charge in [-0.2, -0.15) is 0 Å². The first kappa shape index (κ1) is 14.0. The van der Waals surface area contributed by atoms with Gasteiger partial charge in [-0.3, -0.25) is 4.90 Å². The predicted octanol–water partition coefficient (Wildman–Crippen LogP) is 3.13. The van der Waals surface area contributed by atoms with Gasteiger partial charge in [0.15, 0.2) is 0 Å². The van der Waals surface area contributed by atoms with Crippen LogP contribution in [0, 0.1) is 5.92 Å². The Kier molecular flexibility index (Phi) is 4.82. The fraction of sp³-hybridized carbons (Fsp3) is 0.733. The maximum absolute atomic E-state index is 3.67. The van der Waals surface area contributed by atoms with Gasteiger partial charge in [-0.25, -0.2) is 0 Å². The molecule has 0 amide bonds. The second-order valence-electron chi connectivity index (χ2n) is 5.76. The molecule has 1 N–H and O–H groups in total. The molecule has 1 saturated heterocycles. The second-order valence-corrected chi connectivity index (χ2v) is 6.76. The monoisotopic (exact) mass is 266 g/mol. The van der Waals surface area contributed by atoms with Crippen LogP contribution in [0.3, 0.4) is 0 Å². The highest BCUT2D eigenvalue weighted by Crippen LogP contribution is 2.22. The Hall–Kier alpha value is -0.380. The van der Waals surface area contributed by atoms with Crippen LogP contribution in [0.4, 0.5) is 0 Å². The molecule has 0 radical (unpaired) electrons. The van der Waals surface area contributed by atoms with Crippen LogP contribution in [0.15, 0.2) is 11.4 Å². The van der Waals surface area contributed by atoms with Gasteiger partial charge >= 0.3 is 0 Å². The maximum atomic E-state index is 3.67. The molecule has 1 aliphatic heterocycles. The van der Waals surface area contributed by atoms with Crippen LogP contribution in [0.2, 0.25) is 0 Å². The van der Waals surface area contributed by atoms with Crippen molar-refractivity contribution in [1.82, 2.24) is 10.2 Å². The molecule has 0 aliphatic carbocycles. The van der Waals surface area contributed by atoms with E-state index < -0.39 is 0 Å². The van der Waals surface area contributed by atoms with Crippen LogP contribution in [-0.4, -0.2) is 30.1 Å². The lowest BCUT2D eigenvalue weighted by Crippen LogP contribution is -2.56. The standard InChI is InChI=1S/C15H26N2S/c1-5-13-6-7-18-15(13)10-17-9-14(11(2)3)16-8-12(17)4/h6-7,11-12,14,16H,5,8-10H2,1-4H3. The Labute approximate surface area is 115 Å². The van der Waals surface area contributed by atoms with E-state index in [4.69, 9.17) is 0 Å². The van der Waals surface area contributed by atoms with Crippen molar-refractivity contribution in [3.63, 3.8) is 0 Å². The van der Waals surface area contributed by atoms with E-state index in [1.54, 1.807) is 4.88 Å². The Morgan fingerprint density at radius 2 is 2.28 bits per heavy atom. The van der Waals surface area contributed by atoms with E-state index in [1.807, 2.05) is 11.3 Å². The number of nitrogens with one attached hydrogen (secondary N) is 1. The molecule has 1 fully saturated rings. The third-order valence-corrected chi connectivity index (χ3v) is 5.05. The largest absolute Gasteiger partial charge is 0.311 e. The molecule has 2 heterocycles. The van der Waals surface area contributed by atoms with Gasteiger partial charge in [-0.1, -0.05) is 20.8 Å². The van der Waals surface area contributed by atoms with Gasteiger partial charge in [0.2, 0.25) is 0 Å². The van der Waals surface area contributed by atoms with Crippen molar-refractivity contribution in [3.05, 3.63) is 21.9 Å².